The maximum atomic E-state index is 5.43. The highest BCUT2D eigenvalue weighted by atomic mass is 16.5. The van der Waals surface area contributed by atoms with Crippen LogP contribution in [-0.2, 0) is 0 Å². The summed E-state index contributed by atoms with van der Waals surface area (Å²) in [5.41, 5.74) is 2.03. The minimum absolute atomic E-state index is 0.573. The van der Waals surface area contributed by atoms with Crippen LogP contribution in [-0.4, -0.2) is 42.7 Å². The molecule has 0 radical (unpaired) electrons. The van der Waals surface area contributed by atoms with E-state index < -0.39 is 0 Å². The molecule has 0 saturated heterocycles. The van der Waals surface area contributed by atoms with Gasteiger partial charge in [-0.3, -0.25) is 9.88 Å². The van der Waals surface area contributed by atoms with E-state index in [1.807, 2.05) is 24.4 Å². The van der Waals surface area contributed by atoms with Crippen molar-refractivity contribution in [3.05, 3.63) is 30.5 Å². The number of hydrogen-bond donors (Lipinski definition) is 1. The number of fused-ring (bicyclic) bond motifs is 1. The van der Waals surface area contributed by atoms with Crippen molar-refractivity contribution in [2.24, 2.45) is 11.8 Å². The monoisotopic (exact) mass is 343 g/mol. The highest BCUT2D eigenvalue weighted by Crippen LogP contribution is 2.27. The number of nitrogens with one attached hydrogen (secondary N) is 1. The standard InChI is InChI=1S/C21H33N3O/c1-15(2)14-24(17(5)16(3)4)11-10-22-20-13-19(25-6)12-18-8-7-9-23-21(18)20/h7-9,12-13,15-17,22H,10-11,14H2,1-6H3/t17-/m1/s1. The van der Waals surface area contributed by atoms with Gasteiger partial charge in [-0.05, 0) is 30.9 Å². The maximum absolute atomic E-state index is 5.43. The third-order valence-electron chi connectivity index (χ3n) is 4.77. The first-order valence-corrected chi connectivity index (χ1v) is 9.33. The zero-order chi connectivity index (χ0) is 18.4. The van der Waals surface area contributed by atoms with Gasteiger partial charge in [0.1, 0.15) is 5.75 Å². The molecule has 1 aromatic carbocycles. The van der Waals surface area contributed by atoms with Crippen LogP contribution in [0.3, 0.4) is 0 Å². The van der Waals surface area contributed by atoms with Gasteiger partial charge in [-0.25, -0.2) is 0 Å². The number of anilines is 1. The molecule has 0 bridgehead atoms. The van der Waals surface area contributed by atoms with Crippen LogP contribution in [0.25, 0.3) is 10.9 Å². The van der Waals surface area contributed by atoms with Crippen LogP contribution >= 0.6 is 0 Å². The Hall–Kier alpha value is -1.81. The van der Waals surface area contributed by atoms with Crippen molar-refractivity contribution in [1.29, 1.82) is 0 Å². The second kappa shape index (κ2) is 9.04. The van der Waals surface area contributed by atoms with Crippen molar-refractivity contribution in [3.8, 4) is 5.75 Å². The first kappa shape index (κ1) is 19.5. The van der Waals surface area contributed by atoms with E-state index in [0.717, 1.165) is 42.0 Å². The Balaban J connectivity index is 2.10. The minimum Gasteiger partial charge on any atom is -0.497 e. The zero-order valence-corrected chi connectivity index (χ0v) is 16.5. The van der Waals surface area contributed by atoms with Gasteiger partial charge in [0.25, 0.3) is 0 Å². The molecule has 1 heterocycles. The van der Waals surface area contributed by atoms with Crippen molar-refractivity contribution in [3.63, 3.8) is 0 Å². The molecule has 0 unspecified atom stereocenters. The van der Waals surface area contributed by atoms with Crippen molar-refractivity contribution in [1.82, 2.24) is 9.88 Å². The summed E-state index contributed by atoms with van der Waals surface area (Å²) in [6.45, 7) is 14.5. The van der Waals surface area contributed by atoms with E-state index in [9.17, 15) is 0 Å². The van der Waals surface area contributed by atoms with Crippen LogP contribution in [0.4, 0.5) is 5.69 Å². The largest absolute Gasteiger partial charge is 0.497 e. The van der Waals surface area contributed by atoms with Crippen molar-refractivity contribution < 1.29 is 4.74 Å². The number of pyridine rings is 1. The lowest BCUT2D eigenvalue weighted by atomic mass is 10.0. The molecule has 0 spiro atoms. The number of hydrogen-bond acceptors (Lipinski definition) is 4. The van der Waals surface area contributed by atoms with Crippen molar-refractivity contribution >= 4 is 16.6 Å². The molecule has 0 aliphatic heterocycles. The van der Waals surface area contributed by atoms with E-state index >= 15 is 0 Å². The lowest BCUT2D eigenvalue weighted by Crippen LogP contribution is -2.41. The van der Waals surface area contributed by atoms with Crippen LogP contribution in [0.15, 0.2) is 30.5 Å². The predicted octanol–water partition coefficient (Wildman–Crippen LogP) is 4.66. The summed E-state index contributed by atoms with van der Waals surface area (Å²) >= 11 is 0. The Labute approximate surface area is 152 Å². The average molecular weight is 344 g/mol. The summed E-state index contributed by atoms with van der Waals surface area (Å²) < 4.78 is 5.43. The third-order valence-corrected chi connectivity index (χ3v) is 4.77. The predicted molar refractivity (Wildman–Crippen MR) is 107 cm³/mol. The summed E-state index contributed by atoms with van der Waals surface area (Å²) in [6, 6.07) is 8.67. The second-order valence-electron chi connectivity index (χ2n) is 7.55. The Bertz CT molecular complexity index is 669. The van der Waals surface area contributed by atoms with E-state index in [1.165, 1.54) is 0 Å². The van der Waals surface area contributed by atoms with Crippen LogP contribution < -0.4 is 10.1 Å². The van der Waals surface area contributed by atoms with Crippen molar-refractivity contribution in [2.75, 3.05) is 32.1 Å². The fourth-order valence-electron chi connectivity index (χ4n) is 3.10. The normalized spacial score (nSPS) is 13.0. The zero-order valence-electron chi connectivity index (χ0n) is 16.5. The third kappa shape index (κ3) is 5.33. The second-order valence-corrected chi connectivity index (χ2v) is 7.55. The van der Waals surface area contributed by atoms with Crippen LogP contribution in [0, 0.1) is 11.8 Å². The van der Waals surface area contributed by atoms with E-state index in [4.69, 9.17) is 4.74 Å². The molecule has 1 atom stereocenters. The first-order valence-electron chi connectivity index (χ1n) is 9.33. The van der Waals surface area contributed by atoms with Gasteiger partial charge in [-0.2, -0.15) is 0 Å². The molecule has 4 heteroatoms. The summed E-state index contributed by atoms with van der Waals surface area (Å²) in [6.07, 6.45) is 1.84. The molecule has 2 aromatic rings. The summed E-state index contributed by atoms with van der Waals surface area (Å²) in [4.78, 5) is 7.12. The summed E-state index contributed by atoms with van der Waals surface area (Å²) in [5.74, 6) is 2.18. The fourth-order valence-corrected chi connectivity index (χ4v) is 3.10. The van der Waals surface area contributed by atoms with Gasteiger partial charge >= 0.3 is 0 Å². The lowest BCUT2D eigenvalue weighted by Gasteiger charge is -2.33. The van der Waals surface area contributed by atoms with Gasteiger partial charge in [-0.1, -0.05) is 33.8 Å². The van der Waals surface area contributed by atoms with Gasteiger partial charge in [0.15, 0.2) is 0 Å². The number of aromatic nitrogens is 1. The van der Waals surface area contributed by atoms with Gasteiger partial charge in [-0.15, -0.1) is 0 Å². The highest BCUT2D eigenvalue weighted by Gasteiger charge is 2.18. The van der Waals surface area contributed by atoms with E-state index in [-0.39, 0.29) is 0 Å². The molecule has 0 amide bonds. The SMILES string of the molecule is COc1cc(NCCN(CC(C)C)[C@H](C)C(C)C)c2ncccc2c1. The Morgan fingerprint density at radius 2 is 1.92 bits per heavy atom. The molecular formula is C21H33N3O. The number of methoxy groups -OCH3 is 1. The van der Waals surface area contributed by atoms with Crippen LogP contribution in [0.5, 0.6) is 5.75 Å². The van der Waals surface area contributed by atoms with Gasteiger partial charge in [0.05, 0.1) is 18.3 Å². The maximum Gasteiger partial charge on any atom is 0.121 e. The molecular weight excluding hydrogens is 310 g/mol. The topological polar surface area (TPSA) is 37.4 Å². The molecule has 1 N–H and O–H groups in total. The highest BCUT2D eigenvalue weighted by molar-refractivity contribution is 5.91. The summed E-state index contributed by atoms with van der Waals surface area (Å²) in [5, 5.41) is 4.67. The molecule has 138 valence electrons. The molecule has 0 aliphatic rings. The van der Waals surface area contributed by atoms with E-state index in [2.05, 4.69) is 55.9 Å². The van der Waals surface area contributed by atoms with Crippen LogP contribution in [0.2, 0.25) is 0 Å². The molecule has 2 rings (SSSR count). The molecule has 0 aliphatic carbocycles. The molecule has 25 heavy (non-hydrogen) atoms. The number of benzene rings is 1. The number of rotatable bonds is 9. The quantitative estimate of drug-likeness (QED) is 0.719. The van der Waals surface area contributed by atoms with Gasteiger partial charge in [0.2, 0.25) is 0 Å². The van der Waals surface area contributed by atoms with Crippen molar-refractivity contribution in [2.45, 2.75) is 40.7 Å². The number of nitrogens with zero attached hydrogens (tertiary/aromatic N) is 2. The molecule has 0 fully saturated rings. The lowest BCUT2D eigenvalue weighted by molar-refractivity contribution is 0.156. The fraction of sp³-hybridized carbons (Fsp3) is 0.571. The molecule has 1 aromatic heterocycles. The average Bonchev–Trinajstić information content (AvgIpc) is 2.59. The van der Waals surface area contributed by atoms with E-state index in [0.29, 0.717) is 17.9 Å². The minimum atomic E-state index is 0.573. The molecule has 4 nitrogen and oxygen atoms in total. The Morgan fingerprint density at radius 3 is 2.56 bits per heavy atom. The number of ether oxygens (including phenoxy) is 1. The summed E-state index contributed by atoms with van der Waals surface area (Å²) in [7, 11) is 1.70. The van der Waals surface area contributed by atoms with Gasteiger partial charge < -0.3 is 10.1 Å². The van der Waals surface area contributed by atoms with Gasteiger partial charge in [0, 0.05) is 43.3 Å². The molecule has 0 saturated carbocycles. The van der Waals surface area contributed by atoms with Crippen LogP contribution in [0.1, 0.15) is 34.6 Å². The van der Waals surface area contributed by atoms with E-state index in [1.54, 1.807) is 7.11 Å². The Morgan fingerprint density at radius 1 is 1.16 bits per heavy atom. The Kier molecular flexibility index (Phi) is 7.06. The smallest absolute Gasteiger partial charge is 0.121 e. The first-order chi connectivity index (χ1) is 11.9.